The third-order valence-electron chi connectivity index (χ3n) is 4.28. The normalized spacial score (nSPS) is 30.7. The number of alkyl halides is 1. The summed E-state index contributed by atoms with van der Waals surface area (Å²) in [4.78, 5) is 36.6. The molecule has 2 heterocycles. The van der Waals surface area contributed by atoms with Crippen molar-refractivity contribution in [3.63, 3.8) is 0 Å². The Balaban J connectivity index is 1.82. The molecule has 9 nitrogen and oxygen atoms in total. The van der Waals surface area contributed by atoms with E-state index in [1.54, 1.807) is 19.9 Å². The Morgan fingerprint density at radius 1 is 1.26 bits per heavy atom. The molecule has 1 aliphatic heterocycles. The molecule has 1 aromatic carbocycles. The number of ether oxygens (including phenoxy) is 1. The van der Waals surface area contributed by atoms with E-state index < -0.39 is 54.8 Å². The van der Waals surface area contributed by atoms with Gasteiger partial charge in [0.05, 0.1) is 0 Å². The number of carbonyl (C=O) groups excluding carboxylic acids is 1. The molecule has 0 bridgehead atoms. The van der Waals surface area contributed by atoms with E-state index in [1.165, 1.54) is 48.8 Å². The number of halogens is 1. The number of carbonyl (C=O) groups is 1. The van der Waals surface area contributed by atoms with Crippen LogP contribution in [-0.2, 0) is 24.9 Å². The van der Waals surface area contributed by atoms with Crippen molar-refractivity contribution in [1.82, 2.24) is 4.98 Å². The van der Waals surface area contributed by atoms with Gasteiger partial charge in [-0.05, 0) is 0 Å². The van der Waals surface area contributed by atoms with E-state index in [9.17, 15) is 28.8 Å². The first-order valence-electron chi connectivity index (χ1n) is 9.01. The van der Waals surface area contributed by atoms with Crippen LogP contribution in [0.1, 0.15) is 29.1 Å². The molecule has 0 saturated carbocycles. The van der Waals surface area contributed by atoms with Crippen LogP contribution in [0.25, 0.3) is 0 Å². The second-order valence-electron chi connectivity index (χ2n) is 7.07. The van der Waals surface area contributed by atoms with Gasteiger partial charge in [0, 0.05) is 0 Å². The van der Waals surface area contributed by atoms with E-state index in [1.807, 2.05) is 0 Å². The van der Waals surface area contributed by atoms with Crippen molar-refractivity contribution < 1.29 is 58.7 Å². The molecule has 31 heavy (non-hydrogen) atoms. The summed E-state index contributed by atoms with van der Waals surface area (Å²) in [7, 11) is -4.92. The average Bonchev–Trinajstić information content (AvgIpc) is 2.66. The predicted molar refractivity (Wildman–Crippen MR) is 108 cm³/mol. The van der Waals surface area contributed by atoms with Crippen LogP contribution in [0, 0.1) is 0 Å². The Morgan fingerprint density at radius 3 is 2.48 bits per heavy atom. The van der Waals surface area contributed by atoms with Gasteiger partial charge in [0.2, 0.25) is 0 Å². The first kappa shape index (κ1) is 24.3. The van der Waals surface area contributed by atoms with Crippen molar-refractivity contribution in [3.05, 3.63) is 71.6 Å². The fraction of sp³-hybridized carbons (Fsp3) is 0.263. The molecule has 4 atom stereocenters. The molecule has 1 aromatic heterocycles. The van der Waals surface area contributed by atoms with Crippen molar-refractivity contribution in [1.29, 1.82) is 0 Å². The number of esters is 1. The Kier molecular flexibility index (Phi) is 7.22. The summed E-state index contributed by atoms with van der Waals surface area (Å²) in [5.74, 6) is -0.304. The molecule has 1 saturated heterocycles. The third-order valence-corrected chi connectivity index (χ3v) is 17.6. The second kappa shape index (κ2) is 9.23. The monoisotopic (exact) mass is 580 g/mol. The van der Waals surface area contributed by atoms with E-state index in [2.05, 4.69) is 4.98 Å². The minimum absolute atomic E-state index is 0.243. The number of pyridine rings is 1. The molecule has 4 unspecified atom stereocenters. The molecular formula is C19H21INO8P2-. The zero-order valence-electron chi connectivity index (χ0n) is 16.6. The molecular weight excluding hydrogens is 559 g/mol. The maximum absolute atomic E-state index is 13.1. The van der Waals surface area contributed by atoms with Crippen molar-refractivity contribution in [2.75, 3.05) is 0 Å². The molecule has 12 heteroatoms. The molecule has 3 rings (SSSR count). The number of allylic oxidation sites excluding steroid dienone is 1. The maximum atomic E-state index is 13.1. The summed E-state index contributed by atoms with van der Waals surface area (Å²) < 4.78 is 35.3. The van der Waals surface area contributed by atoms with Gasteiger partial charge in [0.25, 0.3) is 0 Å². The Morgan fingerprint density at radius 2 is 1.94 bits per heavy atom. The quantitative estimate of drug-likeness (QED) is 0.114. The zero-order chi connectivity index (χ0) is 22.9. The van der Waals surface area contributed by atoms with Crippen LogP contribution >= 0.6 is 12.6 Å². The Labute approximate surface area is 188 Å². The summed E-state index contributed by atoms with van der Waals surface area (Å²) in [6.07, 6.45) is 3.62. The number of aliphatic hydroxyl groups is 1. The van der Waals surface area contributed by atoms with E-state index in [4.69, 9.17) is 9.26 Å². The number of nitrogens with zero attached hydrogens (tertiary/aromatic N) is 1. The first-order valence-corrected chi connectivity index (χ1v) is 16.3. The first-order chi connectivity index (χ1) is 14.4. The molecule has 1 fully saturated rings. The molecule has 0 amide bonds. The number of hydrogen-bond donors (Lipinski definition) is 3. The van der Waals surface area contributed by atoms with Gasteiger partial charge in [0.1, 0.15) is 0 Å². The standard InChI is InChI=1S/C19H21INO8P2/c1-13(2)10-17(22)28-16-7-5-15(6-8-16)18-20-30(24,25)19(23,31(26,27)29-18)11-14-4-3-9-21-12-14/h3-10,12,18,23H,11H2,1-2H3,(H,24,25)(H,26,27)/q-1. The van der Waals surface area contributed by atoms with Crippen molar-refractivity contribution in [2.45, 2.75) is 29.5 Å². The van der Waals surface area contributed by atoms with Gasteiger partial charge in [-0.25, -0.2) is 0 Å². The van der Waals surface area contributed by atoms with Gasteiger partial charge in [-0.15, -0.1) is 0 Å². The molecule has 1 aliphatic rings. The number of rotatable bonds is 5. The van der Waals surface area contributed by atoms with Crippen LogP contribution < -0.4 is 25.4 Å². The molecule has 168 valence electrons. The van der Waals surface area contributed by atoms with Crippen LogP contribution in [0.15, 0.2) is 60.4 Å². The summed E-state index contributed by atoms with van der Waals surface area (Å²) >= 11 is -1.79. The summed E-state index contributed by atoms with van der Waals surface area (Å²) in [5, 5.41) is 3.59. The fourth-order valence-corrected chi connectivity index (χ4v) is 16.5. The Hall–Kier alpha value is -1.39. The molecule has 3 N–H and O–H groups in total. The van der Waals surface area contributed by atoms with Gasteiger partial charge in [0.15, 0.2) is 0 Å². The SMILES string of the molecule is CC(C)=CC(=O)Oc1ccc(C2OP(=O)(O)C(O)(Cc3cccnc3)P(=O)(O)[I-]2)cc1. The van der Waals surface area contributed by atoms with Gasteiger partial charge < -0.3 is 0 Å². The molecule has 0 radical (unpaired) electrons. The van der Waals surface area contributed by atoms with Gasteiger partial charge in [-0.3, -0.25) is 0 Å². The van der Waals surface area contributed by atoms with Gasteiger partial charge in [-0.1, -0.05) is 0 Å². The van der Waals surface area contributed by atoms with E-state index in [0.717, 1.165) is 5.57 Å². The third kappa shape index (κ3) is 5.34. The summed E-state index contributed by atoms with van der Waals surface area (Å²) in [6.45, 7) is 3.51. The topological polar surface area (TPSA) is 143 Å². The van der Waals surface area contributed by atoms with E-state index in [-0.39, 0.29) is 5.75 Å². The van der Waals surface area contributed by atoms with Crippen LogP contribution in [0.5, 0.6) is 5.75 Å². The summed E-state index contributed by atoms with van der Waals surface area (Å²) in [5.41, 5.74) is 1.49. The van der Waals surface area contributed by atoms with Crippen LogP contribution in [0.3, 0.4) is 0 Å². The Bertz CT molecular complexity index is 1060. The van der Waals surface area contributed by atoms with Crippen molar-refractivity contribution in [2.24, 2.45) is 0 Å². The molecule has 0 spiro atoms. The second-order valence-corrected chi connectivity index (χ2v) is 18.1. The molecule has 2 aromatic rings. The number of hydrogen-bond acceptors (Lipinski definition) is 7. The predicted octanol–water partition coefficient (Wildman–Crippen LogP) is 0.331. The number of benzene rings is 1. The number of aromatic nitrogens is 1. The van der Waals surface area contributed by atoms with Crippen molar-refractivity contribution >= 4 is 18.6 Å². The zero-order valence-corrected chi connectivity index (χ0v) is 20.5. The van der Waals surface area contributed by atoms with Crippen molar-refractivity contribution in [3.8, 4) is 5.75 Å². The van der Waals surface area contributed by atoms with Crippen LogP contribution in [0.2, 0.25) is 0 Å². The van der Waals surface area contributed by atoms with Gasteiger partial charge >= 0.3 is 189 Å². The molecule has 0 aliphatic carbocycles. The fourth-order valence-electron chi connectivity index (χ4n) is 2.74. The van der Waals surface area contributed by atoms with Gasteiger partial charge in [-0.2, -0.15) is 0 Å². The average molecular weight is 580 g/mol. The van der Waals surface area contributed by atoms with Crippen LogP contribution in [-0.4, -0.2) is 30.9 Å². The minimum atomic E-state index is -4.92. The van der Waals surface area contributed by atoms with E-state index >= 15 is 0 Å². The summed E-state index contributed by atoms with van der Waals surface area (Å²) in [6, 6.07) is 8.98. The van der Waals surface area contributed by atoms with Crippen LogP contribution in [0.4, 0.5) is 0 Å². The van der Waals surface area contributed by atoms with E-state index in [0.29, 0.717) is 11.1 Å².